The smallest absolute Gasteiger partial charge is 0.144 e. The Labute approximate surface area is 96.0 Å². The van der Waals surface area contributed by atoms with Crippen LogP contribution < -0.4 is 15.2 Å². The Kier molecular flexibility index (Phi) is 4.15. The summed E-state index contributed by atoms with van der Waals surface area (Å²) in [5, 5.41) is 9.52. The van der Waals surface area contributed by atoms with Gasteiger partial charge in [-0.2, -0.15) is 0 Å². The topological polar surface area (TPSA) is 64.7 Å². The molecule has 0 spiro atoms. The van der Waals surface area contributed by atoms with Gasteiger partial charge >= 0.3 is 0 Å². The molecule has 0 radical (unpaired) electrons. The Hall–Kier alpha value is -1.26. The normalized spacial score (nSPS) is 13.3. The van der Waals surface area contributed by atoms with Gasteiger partial charge in [-0.15, -0.1) is 0 Å². The number of benzene rings is 1. The van der Waals surface area contributed by atoms with E-state index in [4.69, 9.17) is 15.2 Å². The molecule has 0 amide bonds. The van der Waals surface area contributed by atoms with Crippen LogP contribution in [0.15, 0.2) is 24.3 Å². The highest BCUT2D eigenvalue weighted by molar-refractivity contribution is 5.33. The van der Waals surface area contributed by atoms with Crippen LogP contribution in [0.25, 0.3) is 0 Å². The van der Waals surface area contributed by atoms with Gasteiger partial charge in [0.15, 0.2) is 0 Å². The van der Waals surface area contributed by atoms with E-state index < -0.39 is 5.60 Å². The van der Waals surface area contributed by atoms with Gasteiger partial charge in [0.25, 0.3) is 0 Å². The first-order chi connectivity index (χ1) is 7.37. The van der Waals surface area contributed by atoms with Crippen molar-refractivity contribution in [2.75, 3.05) is 6.61 Å². The summed E-state index contributed by atoms with van der Waals surface area (Å²) >= 11 is 0. The zero-order chi connectivity index (χ0) is 12.2. The second-order valence-electron chi connectivity index (χ2n) is 4.40. The Morgan fingerprint density at radius 1 is 1.38 bits per heavy atom. The number of hydrogen-bond donors (Lipinski definition) is 2. The zero-order valence-electron chi connectivity index (χ0n) is 9.93. The van der Waals surface area contributed by atoms with Crippen LogP contribution in [0, 0.1) is 0 Å². The second kappa shape index (κ2) is 5.18. The van der Waals surface area contributed by atoms with E-state index in [9.17, 15) is 5.11 Å². The van der Waals surface area contributed by atoms with Crippen molar-refractivity contribution >= 4 is 0 Å². The summed E-state index contributed by atoms with van der Waals surface area (Å²) in [5.41, 5.74) is 4.67. The number of aliphatic hydroxyl groups is 1. The molecule has 0 heterocycles. The van der Waals surface area contributed by atoms with E-state index in [1.54, 1.807) is 39.0 Å². The van der Waals surface area contributed by atoms with E-state index >= 15 is 0 Å². The van der Waals surface area contributed by atoms with E-state index in [2.05, 4.69) is 0 Å². The number of hydrogen-bond acceptors (Lipinski definition) is 4. The Bertz CT molecular complexity index is 331. The molecule has 0 fully saturated rings. The third kappa shape index (κ3) is 5.00. The minimum absolute atomic E-state index is 0.231. The molecule has 0 aliphatic heterocycles. The lowest BCUT2D eigenvalue weighted by molar-refractivity contribution is 0.0283. The standard InChI is InChI=1S/C12H19NO3/c1-9(13)16-11-6-4-5-10(7-11)15-8-12(2,3)14/h4-7,9,14H,8,13H2,1-3H3. The van der Waals surface area contributed by atoms with Crippen LogP contribution in [0.2, 0.25) is 0 Å². The van der Waals surface area contributed by atoms with E-state index in [0.717, 1.165) is 0 Å². The number of ether oxygens (including phenoxy) is 2. The van der Waals surface area contributed by atoms with Crippen molar-refractivity contribution in [3.05, 3.63) is 24.3 Å². The van der Waals surface area contributed by atoms with Gasteiger partial charge in [0.2, 0.25) is 0 Å². The average molecular weight is 225 g/mol. The maximum absolute atomic E-state index is 9.52. The zero-order valence-corrected chi connectivity index (χ0v) is 9.93. The quantitative estimate of drug-likeness (QED) is 0.746. The average Bonchev–Trinajstić information content (AvgIpc) is 2.13. The molecule has 0 saturated heterocycles. The van der Waals surface area contributed by atoms with Crippen molar-refractivity contribution in [3.8, 4) is 11.5 Å². The molecule has 4 nitrogen and oxygen atoms in total. The fourth-order valence-corrected chi connectivity index (χ4v) is 1.11. The highest BCUT2D eigenvalue weighted by Crippen LogP contribution is 2.20. The van der Waals surface area contributed by atoms with Crippen molar-refractivity contribution in [3.63, 3.8) is 0 Å². The van der Waals surface area contributed by atoms with E-state index in [-0.39, 0.29) is 12.8 Å². The Balaban J connectivity index is 2.60. The van der Waals surface area contributed by atoms with Crippen LogP contribution >= 0.6 is 0 Å². The third-order valence-electron chi connectivity index (χ3n) is 1.72. The van der Waals surface area contributed by atoms with E-state index in [0.29, 0.717) is 11.5 Å². The summed E-state index contributed by atoms with van der Waals surface area (Å²) < 4.78 is 10.7. The summed E-state index contributed by atoms with van der Waals surface area (Å²) in [7, 11) is 0. The van der Waals surface area contributed by atoms with Crippen LogP contribution in [-0.4, -0.2) is 23.5 Å². The molecule has 4 heteroatoms. The summed E-state index contributed by atoms with van der Waals surface area (Å²) in [5.74, 6) is 1.31. The molecule has 0 bridgehead atoms. The minimum Gasteiger partial charge on any atom is -0.490 e. The lowest BCUT2D eigenvalue weighted by Gasteiger charge is -2.18. The summed E-state index contributed by atoms with van der Waals surface area (Å²) in [6.45, 7) is 5.36. The highest BCUT2D eigenvalue weighted by atomic mass is 16.5. The summed E-state index contributed by atoms with van der Waals surface area (Å²) in [6, 6.07) is 7.17. The molecule has 1 aromatic carbocycles. The predicted molar refractivity (Wildman–Crippen MR) is 62.5 cm³/mol. The molecular weight excluding hydrogens is 206 g/mol. The van der Waals surface area contributed by atoms with Gasteiger partial charge in [0, 0.05) is 6.07 Å². The second-order valence-corrected chi connectivity index (χ2v) is 4.40. The first-order valence-corrected chi connectivity index (χ1v) is 5.24. The van der Waals surface area contributed by atoms with E-state index in [1.165, 1.54) is 0 Å². The summed E-state index contributed by atoms with van der Waals surface area (Å²) in [6.07, 6.45) is -0.357. The molecular formula is C12H19NO3. The van der Waals surface area contributed by atoms with Crippen molar-refractivity contribution in [1.29, 1.82) is 0 Å². The molecule has 0 saturated carbocycles. The van der Waals surface area contributed by atoms with Crippen LogP contribution in [-0.2, 0) is 0 Å². The minimum atomic E-state index is -0.849. The van der Waals surface area contributed by atoms with Crippen molar-refractivity contribution in [2.24, 2.45) is 5.73 Å². The molecule has 1 rings (SSSR count). The molecule has 1 aromatic rings. The molecule has 0 aromatic heterocycles. The van der Waals surface area contributed by atoms with Crippen LogP contribution in [0.3, 0.4) is 0 Å². The molecule has 3 N–H and O–H groups in total. The lowest BCUT2D eigenvalue weighted by Crippen LogP contribution is -2.27. The first-order valence-electron chi connectivity index (χ1n) is 5.24. The third-order valence-corrected chi connectivity index (χ3v) is 1.72. The fraction of sp³-hybridized carbons (Fsp3) is 0.500. The molecule has 0 aliphatic rings. The summed E-state index contributed by atoms with van der Waals surface area (Å²) in [4.78, 5) is 0. The van der Waals surface area contributed by atoms with Crippen LogP contribution in [0.4, 0.5) is 0 Å². The maximum Gasteiger partial charge on any atom is 0.144 e. The molecule has 16 heavy (non-hydrogen) atoms. The molecule has 90 valence electrons. The van der Waals surface area contributed by atoms with Gasteiger partial charge in [-0.3, -0.25) is 5.73 Å². The van der Waals surface area contributed by atoms with Gasteiger partial charge in [-0.05, 0) is 32.9 Å². The number of rotatable bonds is 5. The van der Waals surface area contributed by atoms with Crippen molar-refractivity contribution in [1.82, 2.24) is 0 Å². The van der Waals surface area contributed by atoms with Gasteiger partial charge in [-0.1, -0.05) is 6.07 Å². The SMILES string of the molecule is CC(N)Oc1cccc(OCC(C)(C)O)c1. The van der Waals surface area contributed by atoms with Crippen molar-refractivity contribution in [2.45, 2.75) is 32.6 Å². The monoisotopic (exact) mass is 225 g/mol. The maximum atomic E-state index is 9.52. The lowest BCUT2D eigenvalue weighted by atomic mass is 10.2. The largest absolute Gasteiger partial charge is 0.490 e. The van der Waals surface area contributed by atoms with Gasteiger partial charge in [-0.25, -0.2) is 0 Å². The Morgan fingerprint density at radius 2 is 2.00 bits per heavy atom. The van der Waals surface area contributed by atoms with Crippen LogP contribution in [0.5, 0.6) is 11.5 Å². The van der Waals surface area contributed by atoms with Crippen molar-refractivity contribution < 1.29 is 14.6 Å². The fourth-order valence-electron chi connectivity index (χ4n) is 1.11. The Morgan fingerprint density at radius 3 is 2.56 bits per heavy atom. The predicted octanol–water partition coefficient (Wildman–Crippen LogP) is 1.52. The first kappa shape index (κ1) is 12.8. The molecule has 1 atom stereocenters. The van der Waals surface area contributed by atoms with Gasteiger partial charge in [0.05, 0.1) is 5.60 Å². The van der Waals surface area contributed by atoms with Crippen LogP contribution in [0.1, 0.15) is 20.8 Å². The molecule has 1 unspecified atom stereocenters. The van der Waals surface area contributed by atoms with Gasteiger partial charge in [0.1, 0.15) is 24.3 Å². The number of nitrogens with two attached hydrogens (primary N) is 1. The molecule has 0 aliphatic carbocycles. The van der Waals surface area contributed by atoms with E-state index in [1.807, 2.05) is 6.07 Å². The highest BCUT2D eigenvalue weighted by Gasteiger charge is 2.13. The van der Waals surface area contributed by atoms with Gasteiger partial charge < -0.3 is 14.6 Å².